The highest BCUT2D eigenvalue weighted by molar-refractivity contribution is 5.83. The van der Waals surface area contributed by atoms with Gasteiger partial charge in [0.05, 0.1) is 0 Å². The number of likely N-dealkylation sites (tertiary alicyclic amines) is 1. The number of carbonyl (C=O) groups excluding carboxylic acids is 1. The molecule has 1 N–H and O–H groups in total. The Morgan fingerprint density at radius 1 is 1.32 bits per heavy atom. The van der Waals surface area contributed by atoms with E-state index >= 15 is 0 Å². The van der Waals surface area contributed by atoms with E-state index in [1.807, 2.05) is 54.5 Å². The molecule has 0 aliphatic carbocycles. The van der Waals surface area contributed by atoms with Crippen LogP contribution in [0.1, 0.15) is 24.4 Å². The maximum absolute atomic E-state index is 13.1. The number of carbonyl (C=O) groups is 1. The number of piperidine rings is 1. The molecular formula is C17H22N4O. The minimum absolute atomic E-state index is 0.120. The molecule has 5 nitrogen and oxygen atoms in total. The van der Waals surface area contributed by atoms with Crippen LogP contribution in [0.3, 0.4) is 0 Å². The lowest BCUT2D eigenvalue weighted by atomic mass is 10.0. The van der Waals surface area contributed by atoms with Crippen molar-refractivity contribution in [1.82, 2.24) is 20.0 Å². The van der Waals surface area contributed by atoms with E-state index in [4.69, 9.17) is 0 Å². The first-order chi connectivity index (χ1) is 10.8. The van der Waals surface area contributed by atoms with Gasteiger partial charge in [0.25, 0.3) is 5.91 Å². The zero-order valence-electron chi connectivity index (χ0n) is 12.9. The summed E-state index contributed by atoms with van der Waals surface area (Å²) < 4.78 is 1.75. The Balaban J connectivity index is 1.88. The van der Waals surface area contributed by atoms with Gasteiger partial charge in [0.15, 0.2) is 6.04 Å². The summed E-state index contributed by atoms with van der Waals surface area (Å²) in [6, 6.07) is 11.7. The Bertz CT molecular complexity index is 596. The molecule has 22 heavy (non-hydrogen) atoms. The predicted octanol–water partition coefficient (Wildman–Crippen LogP) is 1.68. The third kappa shape index (κ3) is 3.04. The van der Waals surface area contributed by atoms with Crippen LogP contribution in [0.5, 0.6) is 0 Å². The highest BCUT2D eigenvalue weighted by atomic mass is 16.2. The van der Waals surface area contributed by atoms with E-state index in [1.165, 1.54) is 0 Å². The van der Waals surface area contributed by atoms with Gasteiger partial charge in [-0.1, -0.05) is 30.3 Å². The van der Waals surface area contributed by atoms with Gasteiger partial charge in [-0.25, -0.2) is 0 Å². The van der Waals surface area contributed by atoms with Gasteiger partial charge < -0.3 is 10.2 Å². The summed E-state index contributed by atoms with van der Waals surface area (Å²) in [5.74, 6) is 0.120. The van der Waals surface area contributed by atoms with Crippen molar-refractivity contribution >= 4 is 5.91 Å². The predicted molar refractivity (Wildman–Crippen MR) is 85.5 cm³/mol. The number of hydrogen-bond donors (Lipinski definition) is 1. The number of likely N-dealkylation sites (N-methyl/N-ethyl adjacent to an activating group) is 1. The molecule has 0 spiro atoms. The van der Waals surface area contributed by atoms with Crippen molar-refractivity contribution in [3.63, 3.8) is 0 Å². The summed E-state index contributed by atoms with van der Waals surface area (Å²) in [5, 5.41) is 7.59. The molecule has 1 aromatic carbocycles. The number of benzene rings is 1. The lowest BCUT2D eigenvalue weighted by Gasteiger charge is -2.35. The molecule has 1 saturated heterocycles. The molecule has 2 heterocycles. The van der Waals surface area contributed by atoms with Gasteiger partial charge in [-0.05, 0) is 31.5 Å². The van der Waals surface area contributed by atoms with Crippen LogP contribution in [0.25, 0.3) is 0 Å². The van der Waals surface area contributed by atoms with Crippen LogP contribution in [-0.2, 0) is 4.79 Å². The zero-order chi connectivity index (χ0) is 15.4. The molecule has 2 atom stereocenters. The first kappa shape index (κ1) is 14.8. The summed E-state index contributed by atoms with van der Waals surface area (Å²) in [4.78, 5) is 15.1. The SMILES string of the molecule is CNC1CCCN(C(=O)C(c2ccccc2)n2cccn2)C1. The number of rotatable bonds is 4. The number of nitrogens with zero attached hydrogens (tertiary/aromatic N) is 3. The Morgan fingerprint density at radius 3 is 2.82 bits per heavy atom. The lowest BCUT2D eigenvalue weighted by Crippen LogP contribution is -2.49. The number of nitrogens with one attached hydrogen (secondary N) is 1. The third-order valence-corrected chi connectivity index (χ3v) is 4.28. The molecular weight excluding hydrogens is 276 g/mol. The molecule has 1 fully saturated rings. The van der Waals surface area contributed by atoms with Gasteiger partial charge in [0, 0.05) is 31.5 Å². The van der Waals surface area contributed by atoms with Gasteiger partial charge in [0.2, 0.25) is 0 Å². The Labute approximate surface area is 130 Å². The van der Waals surface area contributed by atoms with E-state index < -0.39 is 0 Å². The van der Waals surface area contributed by atoms with Crippen LogP contribution in [0.15, 0.2) is 48.8 Å². The summed E-state index contributed by atoms with van der Waals surface area (Å²) in [6.45, 7) is 1.58. The highest BCUT2D eigenvalue weighted by Gasteiger charge is 2.30. The average Bonchev–Trinajstić information content (AvgIpc) is 3.10. The standard InChI is InChI=1S/C17H22N4O/c1-18-15-9-5-11-20(13-15)17(22)16(21-12-6-10-19-21)14-7-3-2-4-8-14/h2-4,6-8,10,12,15-16,18H,5,9,11,13H2,1H3. The second-order valence-corrected chi connectivity index (χ2v) is 5.71. The molecule has 116 valence electrons. The number of amides is 1. The topological polar surface area (TPSA) is 50.2 Å². The van der Waals surface area contributed by atoms with Gasteiger partial charge in [0.1, 0.15) is 0 Å². The highest BCUT2D eigenvalue weighted by Crippen LogP contribution is 2.22. The van der Waals surface area contributed by atoms with Crippen LogP contribution in [-0.4, -0.2) is 46.8 Å². The Kier molecular flexibility index (Phi) is 4.53. The minimum Gasteiger partial charge on any atom is -0.339 e. The normalized spacial score (nSPS) is 19.9. The molecule has 0 saturated carbocycles. The second-order valence-electron chi connectivity index (χ2n) is 5.71. The first-order valence-electron chi connectivity index (χ1n) is 7.79. The fourth-order valence-corrected chi connectivity index (χ4v) is 3.06. The van der Waals surface area contributed by atoms with Gasteiger partial charge >= 0.3 is 0 Å². The third-order valence-electron chi connectivity index (χ3n) is 4.28. The largest absolute Gasteiger partial charge is 0.339 e. The molecule has 2 unspecified atom stereocenters. The van der Waals surface area contributed by atoms with E-state index in [1.54, 1.807) is 10.9 Å². The summed E-state index contributed by atoms with van der Waals surface area (Å²) in [7, 11) is 1.96. The fourth-order valence-electron chi connectivity index (χ4n) is 3.06. The molecule has 1 aliphatic heterocycles. The lowest BCUT2D eigenvalue weighted by molar-refractivity contribution is -0.135. The first-order valence-corrected chi connectivity index (χ1v) is 7.79. The molecule has 0 bridgehead atoms. The molecule has 1 aromatic heterocycles. The van der Waals surface area contributed by atoms with Crippen molar-refractivity contribution in [1.29, 1.82) is 0 Å². The minimum atomic E-state index is -0.383. The van der Waals surface area contributed by atoms with Crippen molar-refractivity contribution in [2.24, 2.45) is 0 Å². The van der Waals surface area contributed by atoms with E-state index in [9.17, 15) is 4.79 Å². The van der Waals surface area contributed by atoms with Crippen molar-refractivity contribution in [3.05, 3.63) is 54.4 Å². The second kappa shape index (κ2) is 6.75. The van der Waals surface area contributed by atoms with Gasteiger partial charge in [-0.3, -0.25) is 9.48 Å². The molecule has 5 heteroatoms. The van der Waals surface area contributed by atoms with Crippen LogP contribution in [0.2, 0.25) is 0 Å². The van der Waals surface area contributed by atoms with Crippen LogP contribution in [0, 0.1) is 0 Å². The Hall–Kier alpha value is -2.14. The summed E-state index contributed by atoms with van der Waals surface area (Å²) in [6.07, 6.45) is 5.74. The van der Waals surface area contributed by atoms with E-state index in [2.05, 4.69) is 10.4 Å². The van der Waals surface area contributed by atoms with Crippen molar-refractivity contribution in [3.8, 4) is 0 Å². The Morgan fingerprint density at radius 2 is 2.14 bits per heavy atom. The number of hydrogen-bond acceptors (Lipinski definition) is 3. The van der Waals surface area contributed by atoms with E-state index in [0.717, 1.165) is 31.5 Å². The van der Waals surface area contributed by atoms with Crippen LogP contribution >= 0.6 is 0 Å². The monoisotopic (exact) mass is 298 g/mol. The molecule has 0 radical (unpaired) electrons. The molecule has 3 rings (SSSR count). The van der Waals surface area contributed by atoms with E-state index in [0.29, 0.717) is 6.04 Å². The molecule has 2 aromatic rings. The smallest absolute Gasteiger partial charge is 0.252 e. The molecule has 1 amide bonds. The summed E-state index contributed by atoms with van der Waals surface area (Å²) >= 11 is 0. The fraction of sp³-hybridized carbons (Fsp3) is 0.412. The van der Waals surface area contributed by atoms with E-state index in [-0.39, 0.29) is 11.9 Å². The van der Waals surface area contributed by atoms with Crippen LogP contribution < -0.4 is 5.32 Å². The zero-order valence-corrected chi connectivity index (χ0v) is 12.9. The van der Waals surface area contributed by atoms with Crippen molar-refractivity contribution in [2.45, 2.75) is 24.9 Å². The summed E-state index contributed by atoms with van der Waals surface area (Å²) in [5.41, 5.74) is 0.975. The number of aromatic nitrogens is 2. The van der Waals surface area contributed by atoms with Gasteiger partial charge in [-0.15, -0.1) is 0 Å². The molecule has 1 aliphatic rings. The quantitative estimate of drug-likeness (QED) is 0.934. The van der Waals surface area contributed by atoms with Gasteiger partial charge in [-0.2, -0.15) is 5.10 Å². The van der Waals surface area contributed by atoms with Crippen LogP contribution in [0.4, 0.5) is 0 Å². The van der Waals surface area contributed by atoms with Crippen molar-refractivity contribution in [2.75, 3.05) is 20.1 Å². The maximum atomic E-state index is 13.1. The van der Waals surface area contributed by atoms with Crippen molar-refractivity contribution < 1.29 is 4.79 Å². The average molecular weight is 298 g/mol. The maximum Gasteiger partial charge on any atom is 0.252 e.